The molecular formula is C16H19FN2. The molecule has 2 nitrogen and oxygen atoms in total. The van der Waals surface area contributed by atoms with Gasteiger partial charge in [0.25, 0.3) is 0 Å². The summed E-state index contributed by atoms with van der Waals surface area (Å²) in [6.45, 7) is 6.90. The van der Waals surface area contributed by atoms with Gasteiger partial charge in [-0.1, -0.05) is 25.1 Å². The Balaban J connectivity index is 2.45. The van der Waals surface area contributed by atoms with Crippen LogP contribution >= 0.6 is 0 Å². The summed E-state index contributed by atoms with van der Waals surface area (Å²) >= 11 is 0. The third-order valence-corrected chi connectivity index (χ3v) is 3.12. The number of nitrogens with zero attached hydrogens (tertiary/aromatic N) is 1. The molecule has 100 valence electrons. The molecule has 1 N–H and O–H groups in total. The Morgan fingerprint density at radius 2 is 2.05 bits per heavy atom. The minimum atomic E-state index is -0.217. The fraction of sp³-hybridized carbons (Fsp3) is 0.312. The smallest absolute Gasteiger partial charge is 0.123 e. The molecule has 0 aliphatic rings. The molecule has 3 heteroatoms. The minimum Gasteiger partial charge on any atom is -0.305 e. The summed E-state index contributed by atoms with van der Waals surface area (Å²) in [4.78, 5) is 4.52. The molecular weight excluding hydrogens is 239 g/mol. The Kier molecular flexibility index (Phi) is 4.27. The van der Waals surface area contributed by atoms with Crippen molar-refractivity contribution in [2.45, 2.75) is 26.8 Å². The highest BCUT2D eigenvalue weighted by molar-refractivity contribution is 5.34. The van der Waals surface area contributed by atoms with Crippen LogP contribution in [0.25, 0.3) is 0 Å². The van der Waals surface area contributed by atoms with Crippen LogP contribution in [0.15, 0.2) is 36.5 Å². The number of rotatable bonds is 4. The molecule has 19 heavy (non-hydrogen) atoms. The molecule has 0 aliphatic heterocycles. The predicted molar refractivity (Wildman–Crippen MR) is 75.6 cm³/mol. The first-order valence-corrected chi connectivity index (χ1v) is 6.53. The monoisotopic (exact) mass is 258 g/mol. The van der Waals surface area contributed by atoms with Crippen molar-refractivity contribution < 1.29 is 4.39 Å². The van der Waals surface area contributed by atoms with Crippen LogP contribution in [0.4, 0.5) is 4.39 Å². The van der Waals surface area contributed by atoms with Gasteiger partial charge < -0.3 is 5.32 Å². The Bertz CT molecular complexity index is 566. The number of pyridine rings is 1. The quantitative estimate of drug-likeness (QED) is 0.907. The number of benzene rings is 1. The van der Waals surface area contributed by atoms with E-state index >= 15 is 0 Å². The van der Waals surface area contributed by atoms with E-state index in [-0.39, 0.29) is 11.9 Å². The maximum atomic E-state index is 13.4. The van der Waals surface area contributed by atoms with Gasteiger partial charge in [0.05, 0.1) is 11.7 Å². The van der Waals surface area contributed by atoms with Crippen LogP contribution in [0.1, 0.15) is 35.3 Å². The average Bonchev–Trinajstić information content (AvgIpc) is 2.37. The van der Waals surface area contributed by atoms with Crippen LogP contribution in [0.2, 0.25) is 0 Å². The maximum Gasteiger partial charge on any atom is 0.123 e. The molecule has 0 bridgehead atoms. The van der Waals surface area contributed by atoms with Crippen molar-refractivity contribution in [1.82, 2.24) is 10.3 Å². The third-order valence-electron chi connectivity index (χ3n) is 3.12. The van der Waals surface area contributed by atoms with Crippen molar-refractivity contribution in [2.75, 3.05) is 6.54 Å². The van der Waals surface area contributed by atoms with Gasteiger partial charge in [0.2, 0.25) is 0 Å². The molecule has 0 radical (unpaired) electrons. The molecule has 2 rings (SSSR count). The molecule has 0 aliphatic carbocycles. The lowest BCUT2D eigenvalue weighted by Gasteiger charge is -2.20. The van der Waals surface area contributed by atoms with Gasteiger partial charge >= 0.3 is 0 Å². The number of nitrogens with one attached hydrogen (secondary N) is 1. The van der Waals surface area contributed by atoms with Crippen molar-refractivity contribution in [2.24, 2.45) is 0 Å². The van der Waals surface area contributed by atoms with Gasteiger partial charge in [0.1, 0.15) is 5.82 Å². The summed E-state index contributed by atoms with van der Waals surface area (Å²) in [5, 5.41) is 3.37. The fourth-order valence-corrected chi connectivity index (χ4v) is 2.29. The minimum absolute atomic E-state index is 0.0682. The highest BCUT2D eigenvalue weighted by Crippen LogP contribution is 2.24. The largest absolute Gasteiger partial charge is 0.305 e. The lowest BCUT2D eigenvalue weighted by Crippen LogP contribution is -2.24. The predicted octanol–water partition coefficient (Wildman–Crippen LogP) is 3.54. The van der Waals surface area contributed by atoms with Gasteiger partial charge in [-0.25, -0.2) is 4.39 Å². The van der Waals surface area contributed by atoms with Crippen molar-refractivity contribution in [3.05, 3.63) is 64.7 Å². The summed E-state index contributed by atoms with van der Waals surface area (Å²) < 4.78 is 13.4. The van der Waals surface area contributed by atoms with Gasteiger partial charge in [0, 0.05) is 6.20 Å². The second kappa shape index (κ2) is 5.93. The number of aromatic nitrogens is 1. The zero-order chi connectivity index (χ0) is 13.8. The Labute approximate surface area is 113 Å². The standard InChI is InChI=1S/C16H19FN2/c1-4-18-16(13-6-5-7-14(17)9-13)15-12(3)8-11(2)10-19-15/h5-10,16,18H,4H2,1-3H3. The van der Waals surface area contributed by atoms with Gasteiger partial charge in [0.15, 0.2) is 0 Å². The molecule has 1 unspecified atom stereocenters. The van der Waals surface area contributed by atoms with Crippen LogP contribution in [0, 0.1) is 19.7 Å². The van der Waals surface area contributed by atoms with Crippen LogP contribution < -0.4 is 5.32 Å². The van der Waals surface area contributed by atoms with Gasteiger partial charge in [-0.3, -0.25) is 4.98 Å². The number of aryl methyl sites for hydroxylation is 2. The summed E-state index contributed by atoms with van der Waals surface area (Å²) in [7, 11) is 0. The van der Waals surface area contributed by atoms with E-state index in [0.717, 1.165) is 28.9 Å². The summed E-state index contributed by atoms with van der Waals surface area (Å²) in [5.41, 5.74) is 4.12. The Morgan fingerprint density at radius 3 is 2.68 bits per heavy atom. The third kappa shape index (κ3) is 3.18. The normalized spacial score (nSPS) is 12.4. The SMILES string of the molecule is CCNC(c1cccc(F)c1)c1ncc(C)cc1C. The molecule has 0 spiro atoms. The molecule has 1 aromatic carbocycles. The van der Waals surface area contributed by atoms with E-state index in [1.54, 1.807) is 12.1 Å². The van der Waals surface area contributed by atoms with Gasteiger partial charge in [-0.15, -0.1) is 0 Å². The first-order chi connectivity index (χ1) is 9.11. The molecule has 0 amide bonds. The van der Waals surface area contributed by atoms with E-state index in [4.69, 9.17) is 0 Å². The summed E-state index contributed by atoms with van der Waals surface area (Å²) in [5.74, 6) is -0.217. The fourth-order valence-electron chi connectivity index (χ4n) is 2.29. The van der Waals surface area contributed by atoms with E-state index < -0.39 is 0 Å². The molecule has 0 fully saturated rings. The second-order valence-electron chi connectivity index (χ2n) is 4.76. The van der Waals surface area contributed by atoms with Crippen molar-refractivity contribution in [3.63, 3.8) is 0 Å². The molecule has 2 aromatic rings. The summed E-state index contributed by atoms with van der Waals surface area (Å²) in [6.07, 6.45) is 1.85. The molecule has 0 saturated heterocycles. The van der Waals surface area contributed by atoms with Crippen LogP contribution in [-0.4, -0.2) is 11.5 Å². The van der Waals surface area contributed by atoms with Crippen LogP contribution in [0.5, 0.6) is 0 Å². The van der Waals surface area contributed by atoms with Crippen LogP contribution in [0.3, 0.4) is 0 Å². The van der Waals surface area contributed by atoms with Crippen LogP contribution in [-0.2, 0) is 0 Å². The van der Waals surface area contributed by atoms with Crippen molar-refractivity contribution in [1.29, 1.82) is 0 Å². The average molecular weight is 258 g/mol. The lowest BCUT2D eigenvalue weighted by atomic mass is 9.99. The van der Waals surface area contributed by atoms with E-state index in [2.05, 4.69) is 16.4 Å². The van der Waals surface area contributed by atoms with Crippen molar-refractivity contribution in [3.8, 4) is 0 Å². The second-order valence-corrected chi connectivity index (χ2v) is 4.76. The Morgan fingerprint density at radius 1 is 1.26 bits per heavy atom. The van der Waals surface area contributed by atoms with Gasteiger partial charge in [-0.2, -0.15) is 0 Å². The number of hydrogen-bond acceptors (Lipinski definition) is 2. The van der Waals surface area contributed by atoms with E-state index in [1.807, 2.05) is 33.0 Å². The zero-order valence-electron chi connectivity index (χ0n) is 11.6. The Hall–Kier alpha value is -1.74. The van der Waals surface area contributed by atoms with Gasteiger partial charge in [-0.05, 0) is 49.2 Å². The summed E-state index contributed by atoms with van der Waals surface area (Å²) in [6, 6.07) is 8.72. The van der Waals surface area contributed by atoms with Crippen molar-refractivity contribution >= 4 is 0 Å². The van der Waals surface area contributed by atoms with E-state index in [0.29, 0.717) is 0 Å². The number of hydrogen-bond donors (Lipinski definition) is 1. The molecule has 1 aromatic heterocycles. The molecule has 1 heterocycles. The molecule has 0 saturated carbocycles. The maximum absolute atomic E-state index is 13.4. The highest BCUT2D eigenvalue weighted by Gasteiger charge is 2.17. The van der Waals surface area contributed by atoms with E-state index in [9.17, 15) is 4.39 Å². The number of halogens is 1. The first-order valence-electron chi connectivity index (χ1n) is 6.53. The van der Waals surface area contributed by atoms with E-state index in [1.165, 1.54) is 6.07 Å². The molecule has 1 atom stereocenters. The lowest BCUT2D eigenvalue weighted by molar-refractivity contribution is 0.593. The first kappa shape index (κ1) is 13.7. The topological polar surface area (TPSA) is 24.9 Å². The highest BCUT2D eigenvalue weighted by atomic mass is 19.1. The zero-order valence-corrected chi connectivity index (χ0v) is 11.6.